The first-order valence-corrected chi connectivity index (χ1v) is 10.1. The molecule has 0 bridgehead atoms. The molecule has 2 aliphatic rings. The first-order valence-electron chi connectivity index (χ1n) is 10.1. The minimum atomic E-state index is 0.695. The minimum Gasteiger partial charge on any atom is -0.349 e. The molecule has 3 nitrogen and oxygen atoms in total. The van der Waals surface area contributed by atoms with Crippen molar-refractivity contribution < 1.29 is 0 Å². The second-order valence-corrected chi connectivity index (χ2v) is 7.72. The van der Waals surface area contributed by atoms with Gasteiger partial charge in [-0.05, 0) is 53.3 Å². The number of fused-ring (bicyclic) bond motifs is 1. The first kappa shape index (κ1) is 17.2. The van der Waals surface area contributed by atoms with Gasteiger partial charge in [-0.2, -0.15) is 0 Å². The largest absolute Gasteiger partial charge is 0.349 e. The quantitative estimate of drug-likeness (QED) is 0.664. The lowest BCUT2D eigenvalue weighted by Gasteiger charge is -2.27. The summed E-state index contributed by atoms with van der Waals surface area (Å²) in [6, 6.07) is 26.9. The van der Waals surface area contributed by atoms with Gasteiger partial charge in [0.05, 0.1) is 0 Å². The Labute approximate surface area is 166 Å². The standard InChI is InChI=1S/C25H25N3/c1-2-5-19(6-3-1)15-26-16-20-7-4-8-21(13-20)22-9-12-25-23(14-22)17-27-18-28(25)24-10-11-24/h1-9,12-14,17,24,26H,10-11,15-16,18H2. The molecule has 0 atom stereocenters. The van der Waals surface area contributed by atoms with E-state index >= 15 is 0 Å². The van der Waals surface area contributed by atoms with Crippen LogP contribution in [0.2, 0.25) is 0 Å². The Balaban J connectivity index is 1.31. The maximum Gasteiger partial charge on any atom is 0.110 e. The Bertz CT molecular complexity index is 990. The number of benzene rings is 3. The number of nitrogens with zero attached hydrogens (tertiary/aromatic N) is 2. The highest BCUT2D eigenvalue weighted by Gasteiger charge is 2.31. The first-order chi connectivity index (χ1) is 13.9. The van der Waals surface area contributed by atoms with Crippen molar-refractivity contribution in [2.75, 3.05) is 11.6 Å². The molecule has 1 N–H and O–H groups in total. The van der Waals surface area contributed by atoms with Gasteiger partial charge >= 0.3 is 0 Å². The average molecular weight is 367 g/mol. The van der Waals surface area contributed by atoms with Gasteiger partial charge in [-0.25, -0.2) is 0 Å². The lowest BCUT2D eigenvalue weighted by molar-refractivity contribution is 0.693. The molecule has 0 amide bonds. The van der Waals surface area contributed by atoms with Gasteiger partial charge in [-0.3, -0.25) is 4.99 Å². The van der Waals surface area contributed by atoms with Crippen molar-refractivity contribution in [1.29, 1.82) is 0 Å². The fourth-order valence-electron chi connectivity index (χ4n) is 3.91. The van der Waals surface area contributed by atoms with Crippen LogP contribution in [0.3, 0.4) is 0 Å². The third-order valence-electron chi connectivity index (χ3n) is 5.55. The third kappa shape index (κ3) is 3.71. The molecule has 0 unspecified atom stereocenters. The zero-order valence-corrected chi connectivity index (χ0v) is 16.0. The normalized spacial score (nSPS) is 15.5. The zero-order chi connectivity index (χ0) is 18.8. The van der Waals surface area contributed by atoms with Crippen molar-refractivity contribution in [2.45, 2.75) is 32.0 Å². The van der Waals surface area contributed by atoms with Gasteiger partial charge in [0.25, 0.3) is 0 Å². The van der Waals surface area contributed by atoms with Gasteiger partial charge in [0.1, 0.15) is 6.67 Å². The van der Waals surface area contributed by atoms with Gasteiger partial charge in [0, 0.05) is 36.6 Å². The maximum atomic E-state index is 4.57. The van der Waals surface area contributed by atoms with E-state index in [1.165, 1.54) is 46.3 Å². The van der Waals surface area contributed by atoms with E-state index in [4.69, 9.17) is 0 Å². The number of hydrogen-bond acceptors (Lipinski definition) is 3. The molecule has 140 valence electrons. The van der Waals surface area contributed by atoms with Crippen molar-refractivity contribution >= 4 is 11.9 Å². The smallest absolute Gasteiger partial charge is 0.110 e. The van der Waals surface area contributed by atoms with Crippen LogP contribution in [0.15, 0.2) is 77.8 Å². The summed E-state index contributed by atoms with van der Waals surface area (Å²) in [4.78, 5) is 7.02. The van der Waals surface area contributed by atoms with E-state index in [0.29, 0.717) is 6.04 Å². The molecule has 0 radical (unpaired) electrons. The molecule has 3 aromatic rings. The highest BCUT2D eigenvalue weighted by atomic mass is 15.3. The second-order valence-electron chi connectivity index (χ2n) is 7.72. The summed E-state index contributed by atoms with van der Waals surface area (Å²) in [6.07, 6.45) is 4.63. The predicted molar refractivity (Wildman–Crippen MR) is 117 cm³/mol. The lowest BCUT2D eigenvalue weighted by Crippen LogP contribution is -2.29. The molecule has 28 heavy (non-hydrogen) atoms. The molecular weight excluding hydrogens is 342 g/mol. The summed E-state index contributed by atoms with van der Waals surface area (Å²) < 4.78 is 0. The number of hydrogen-bond donors (Lipinski definition) is 1. The molecular formula is C25H25N3. The summed E-state index contributed by atoms with van der Waals surface area (Å²) in [5, 5.41) is 3.54. The Kier molecular flexibility index (Phi) is 4.67. The van der Waals surface area contributed by atoms with Crippen LogP contribution in [0.25, 0.3) is 11.1 Å². The monoisotopic (exact) mass is 367 g/mol. The molecule has 1 fully saturated rings. The van der Waals surface area contributed by atoms with Crippen LogP contribution in [-0.2, 0) is 13.1 Å². The molecule has 1 aliphatic heterocycles. The Hall–Kier alpha value is -2.91. The fraction of sp³-hybridized carbons (Fsp3) is 0.240. The van der Waals surface area contributed by atoms with Crippen LogP contribution < -0.4 is 10.2 Å². The summed E-state index contributed by atoms with van der Waals surface area (Å²) in [5.41, 5.74) is 7.71. The number of anilines is 1. The molecule has 1 heterocycles. The Morgan fingerprint density at radius 3 is 2.46 bits per heavy atom. The molecule has 0 spiro atoms. The van der Waals surface area contributed by atoms with E-state index in [0.717, 1.165) is 19.8 Å². The number of rotatable bonds is 6. The van der Waals surface area contributed by atoms with E-state index in [9.17, 15) is 0 Å². The zero-order valence-electron chi connectivity index (χ0n) is 16.0. The summed E-state index contributed by atoms with van der Waals surface area (Å²) in [6.45, 7) is 2.56. The van der Waals surface area contributed by atoms with Crippen LogP contribution in [-0.4, -0.2) is 18.9 Å². The molecule has 0 aromatic heterocycles. The molecule has 1 saturated carbocycles. The third-order valence-corrected chi connectivity index (χ3v) is 5.55. The van der Waals surface area contributed by atoms with E-state index in [1.807, 2.05) is 6.21 Å². The lowest BCUT2D eigenvalue weighted by atomic mass is 9.99. The molecule has 3 aromatic carbocycles. The van der Waals surface area contributed by atoms with E-state index in [1.54, 1.807) is 0 Å². The van der Waals surface area contributed by atoms with Gasteiger partial charge in [-0.15, -0.1) is 0 Å². The van der Waals surface area contributed by atoms with Crippen molar-refractivity contribution in [3.05, 3.63) is 89.5 Å². The van der Waals surface area contributed by atoms with Gasteiger partial charge in [-0.1, -0.05) is 54.6 Å². The summed E-state index contributed by atoms with van der Waals surface area (Å²) in [5.74, 6) is 0. The van der Waals surface area contributed by atoms with Gasteiger partial charge < -0.3 is 10.2 Å². The van der Waals surface area contributed by atoms with Crippen molar-refractivity contribution in [1.82, 2.24) is 5.32 Å². The SMILES string of the molecule is C1=NCN(C2CC2)c2ccc(-c3cccc(CNCc4ccccc4)c3)cc21. The van der Waals surface area contributed by atoms with Crippen molar-refractivity contribution in [3.63, 3.8) is 0 Å². The van der Waals surface area contributed by atoms with E-state index in [2.05, 4.69) is 88.0 Å². The summed E-state index contributed by atoms with van der Waals surface area (Å²) in [7, 11) is 0. The van der Waals surface area contributed by atoms with Crippen molar-refractivity contribution in [2.24, 2.45) is 4.99 Å². The number of aliphatic imine (C=N–C) groups is 1. The van der Waals surface area contributed by atoms with Crippen LogP contribution in [0.5, 0.6) is 0 Å². The Morgan fingerprint density at radius 2 is 1.61 bits per heavy atom. The van der Waals surface area contributed by atoms with E-state index in [-0.39, 0.29) is 0 Å². The van der Waals surface area contributed by atoms with Crippen LogP contribution in [0.4, 0.5) is 5.69 Å². The van der Waals surface area contributed by atoms with Gasteiger partial charge in [0.15, 0.2) is 0 Å². The maximum absolute atomic E-state index is 4.57. The topological polar surface area (TPSA) is 27.6 Å². The number of nitrogens with one attached hydrogen (secondary N) is 1. The molecule has 1 aliphatic carbocycles. The highest BCUT2D eigenvalue weighted by Crippen LogP contribution is 2.36. The Morgan fingerprint density at radius 1 is 0.821 bits per heavy atom. The van der Waals surface area contributed by atoms with Gasteiger partial charge in [0.2, 0.25) is 0 Å². The summed E-state index contributed by atoms with van der Waals surface area (Å²) >= 11 is 0. The molecule has 3 heteroatoms. The molecule has 5 rings (SSSR count). The molecule has 0 saturated heterocycles. The van der Waals surface area contributed by atoms with Crippen LogP contribution in [0.1, 0.15) is 29.5 Å². The van der Waals surface area contributed by atoms with Crippen LogP contribution >= 0.6 is 0 Å². The van der Waals surface area contributed by atoms with Crippen LogP contribution in [0, 0.1) is 0 Å². The average Bonchev–Trinajstić information content (AvgIpc) is 3.59. The van der Waals surface area contributed by atoms with E-state index < -0.39 is 0 Å². The minimum absolute atomic E-state index is 0.695. The second kappa shape index (κ2) is 7.61. The van der Waals surface area contributed by atoms with Crippen molar-refractivity contribution in [3.8, 4) is 11.1 Å². The highest BCUT2D eigenvalue weighted by molar-refractivity contribution is 5.92. The fourth-order valence-corrected chi connectivity index (χ4v) is 3.91. The predicted octanol–water partition coefficient (Wildman–Crippen LogP) is 5.00.